The Morgan fingerprint density at radius 1 is 1.42 bits per heavy atom. The van der Waals surface area contributed by atoms with Crippen LogP contribution in [0.25, 0.3) is 10.9 Å². The van der Waals surface area contributed by atoms with Crippen molar-refractivity contribution in [3.05, 3.63) is 42.1 Å². The predicted octanol–water partition coefficient (Wildman–Crippen LogP) is 1.51. The van der Waals surface area contributed by atoms with Crippen LogP contribution in [0, 0.1) is 0 Å². The number of nitrogens with one attached hydrogen (secondary N) is 2. The van der Waals surface area contributed by atoms with E-state index in [1.54, 1.807) is 18.0 Å². The SMILES string of the molecule is O=C(NCc1cccc2cccnc12)C1CSCN1. The van der Waals surface area contributed by atoms with Gasteiger partial charge >= 0.3 is 0 Å². The summed E-state index contributed by atoms with van der Waals surface area (Å²) in [4.78, 5) is 16.3. The maximum atomic E-state index is 11.9. The van der Waals surface area contributed by atoms with Crippen LogP contribution in [-0.2, 0) is 11.3 Å². The van der Waals surface area contributed by atoms with E-state index in [0.29, 0.717) is 6.54 Å². The molecule has 1 aromatic heterocycles. The van der Waals surface area contributed by atoms with Crippen LogP contribution < -0.4 is 10.6 Å². The molecule has 0 radical (unpaired) electrons. The number of fused-ring (bicyclic) bond motifs is 1. The lowest BCUT2D eigenvalue weighted by atomic mass is 10.1. The molecule has 19 heavy (non-hydrogen) atoms. The number of amides is 1. The van der Waals surface area contributed by atoms with Gasteiger partial charge in [-0.25, -0.2) is 0 Å². The number of thioether (sulfide) groups is 1. The van der Waals surface area contributed by atoms with Gasteiger partial charge in [0.1, 0.15) is 0 Å². The maximum absolute atomic E-state index is 11.9. The van der Waals surface area contributed by atoms with Crippen molar-refractivity contribution in [3.8, 4) is 0 Å². The van der Waals surface area contributed by atoms with Crippen molar-refractivity contribution in [1.29, 1.82) is 0 Å². The van der Waals surface area contributed by atoms with Crippen LogP contribution >= 0.6 is 11.8 Å². The molecule has 1 unspecified atom stereocenters. The van der Waals surface area contributed by atoms with Crippen LogP contribution in [0.5, 0.6) is 0 Å². The predicted molar refractivity (Wildman–Crippen MR) is 77.8 cm³/mol. The lowest BCUT2D eigenvalue weighted by Crippen LogP contribution is -2.41. The van der Waals surface area contributed by atoms with Crippen LogP contribution in [0.4, 0.5) is 0 Å². The number of rotatable bonds is 3. The minimum Gasteiger partial charge on any atom is -0.351 e. The summed E-state index contributed by atoms with van der Waals surface area (Å²) >= 11 is 1.75. The van der Waals surface area contributed by atoms with E-state index in [-0.39, 0.29) is 11.9 Å². The highest BCUT2D eigenvalue weighted by atomic mass is 32.2. The Hall–Kier alpha value is -1.59. The minimum absolute atomic E-state index is 0.0621. The third kappa shape index (κ3) is 2.72. The zero-order chi connectivity index (χ0) is 13.1. The number of carbonyl (C=O) groups is 1. The molecular formula is C14H15N3OS. The standard InChI is InChI=1S/C14H15N3OS/c18-14(12-8-19-9-17-12)16-7-11-4-1-3-10-5-2-6-15-13(10)11/h1-6,12,17H,7-9H2,(H,16,18). The van der Waals surface area contributed by atoms with Crippen LogP contribution in [0.2, 0.25) is 0 Å². The number of aromatic nitrogens is 1. The Labute approximate surface area is 116 Å². The molecule has 1 atom stereocenters. The molecule has 1 aliphatic heterocycles. The average Bonchev–Trinajstić information content (AvgIpc) is 2.99. The molecule has 1 amide bonds. The number of para-hydroxylation sites is 1. The van der Waals surface area contributed by atoms with Gasteiger partial charge < -0.3 is 5.32 Å². The molecule has 98 valence electrons. The van der Waals surface area contributed by atoms with E-state index in [0.717, 1.165) is 28.1 Å². The first-order valence-corrected chi connectivity index (χ1v) is 7.41. The van der Waals surface area contributed by atoms with E-state index in [4.69, 9.17) is 0 Å². The molecule has 0 spiro atoms. The summed E-state index contributed by atoms with van der Waals surface area (Å²) in [5.41, 5.74) is 2.01. The monoisotopic (exact) mass is 273 g/mol. The maximum Gasteiger partial charge on any atom is 0.238 e. The van der Waals surface area contributed by atoms with Gasteiger partial charge in [-0.1, -0.05) is 24.3 Å². The molecule has 2 aromatic rings. The minimum atomic E-state index is -0.0621. The van der Waals surface area contributed by atoms with Crippen molar-refractivity contribution < 1.29 is 4.79 Å². The van der Waals surface area contributed by atoms with E-state index < -0.39 is 0 Å². The second-order valence-electron chi connectivity index (χ2n) is 4.48. The molecule has 1 fully saturated rings. The Bertz CT molecular complexity index is 591. The Balaban J connectivity index is 1.73. The molecule has 4 nitrogen and oxygen atoms in total. The summed E-state index contributed by atoms with van der Waals surface area (Å²) in [7, 11) is 0. The van der Waals surface area contributed by atoms with Crippen molar-refractivity contribution in [1.82, 2.24) is 15.6 Å². The number of benzene rings is 1. The third-order valence-electron chi connectivity index (χ3n) is 3.20. The molecule has 1 aromatic carbocycles. The van der Waals surface area contributed by atoms with Gasteiger partial charge in [0.2, 0.25) is 5.91 Å². The van der Waals surface area contributed by atoms with E-state index in [1.165, 1.54) is 0 Å². The largest absolute Gasteiger partial charge is 0.351 e. The molecule has 1 saturated heterocycles. The Morgan fingerprint density at radius 3 is 3.16 bits per heavy atom. The van der Waals surface area contributed by atoms with Gasteiger partial charge in [-0.05, 0) is 11.6 Å². The highest BCUT2D eigenvalue weighted by Crippen LogP contribution is 2.16. The van der Waals surface area contributed by atoms with E-state index >= 15 is 0 Å². The number of hydrogen-bond donors (Lipinski definition) is 2. The summed E-state index contributed by atoms with van der Waals surface area (Å²) in [6, 6.07) is 9.92. The van der Waals surface area contributed by atoms with Gasteiger partial charge in [-0.15, -0.1) is 11.8 Å². The van der Waals surface area contributed by atoms with Gasteiger partial charge in [0.25, 0.3) is 0 Å². The topological polar surface area (TPSA) is 54.0 Å². The first-order chi connectivity index (χ1) is 9.34. The lowest BCUT2D eigenvalue weighted by molar-refractivity contribution is -0.122. The van der Waals surface area contributed by atoms with Gasteiger partial charge in [0.05, 0.1) is 11.6 Å². The van der Waals surface area contributed by atoms with Crippen molar-refractivity contribution in [2.24, 2.45) is 0 Å². The first-order valence-electron chi connectivity index (χ1n) is 6.26. The third-order valence-corrected chi connectivity index (χ3v) is 4.14. The fraction of sp³-hybridized carbons (Fsp3) is 0.286. The van der Waals surface area contributed by atoms with Crippen LogP contribution in [-0.4, -0.2) is 28.6 Å². The second kappa shape index (κ2) is 5.59. The lowest BCUT2D eigenvalue weighted by Gasteiger charge is -2.11. The van der Waals surface area contributed by atoms with Crippen molar-refractivity contribution >= 4 is 28.6 Å². The molecule has 2 heterocycles. The molecular weight excluding hydrogens is 258 g/mol. The highest BCUT2D eigenvalue weighted by Gasteiger charge is 2.22. The van der Waals surface area contributed by atoms with Gasteiger partial charge in [-0.3, -0.25) is 15.1 Å². The normalized spacial score (nSPS) is 18.6. The van der Waals surface area contributed by atoms with E-state index in [9.17, 15) is 4.79 Å². The molecule has 2 N–H and O–H groups in total. The number of pyridine rings is 1. The van der Waals surface area contributed by atoms with Crippen LogP contribution in [0.15, 0.2) is 36.5 Å². The van der Waals surface area contributed by atoms with E-state index in [2.05, 4.69) is 15.6 Å². The Kier molecular flexibility index (Phi) is 3.66. The van der Waals surface area contributed by atoms with Crippen LogP contribution in [0.3, 0.4) is 0 Å². The number of nitrogens with zero attached hydrogens (tertiary/aromatic N) is 1. The molecule has 0 bridgehead atoms. The van der Waals surface area contributed by atoms with Crippen molar-refractivity contribution in [2.45, 2.75) is 12.6 Å². The summed E-state index contributed by atoms with van der Waals surface area (Å²) in [6.45, 7) is 0.524. The summed E-state index contributed by atoms with van der Waals surface area (Å²) in [5, 5.41) is 7.24. The smallest absolute Gasteiger partial charge is 0.238 e. The molecule has 1 aliphatic rings. The molecule has 3 rings (SSSR count). The zero-order valence-corrected chi connectivity index (χ0v) is 11.2. The summed E-state index contributed by atoms with van der Waals surface area (Å²) in [5.74, 6) is 1.77. The summed E-state index contributed by atoms with van der Waals surface area (Å²) < 4.78 is 0. The van der Waals surface area contributed by atoms with Crippen molar-refractivity contribution in [3.63, 3.8) is 0 Å². The highest BCUT2D eigenvalue weighted by molar-refractivity contribution is 7.99. The van der Waals surface area contributed by atoms with Gasteiger partial charge in [0.15, 0.2) is 0 Å². The number of hydrogen-bond acceptors (Lipinski definition) is 4. The fourth-order valence-corrected chi connectivity index (χ4v) is 3.12. The fourth-order valence-electron chi connectivity index (χ4n) is 2.18. The van der Waals surface area contributed by atoms with Gasteiger partial charge in [0, 0.05) is 29.8 Å². The molecule has 0 saturated carbocycles. The number of carbonyl (C=O) groups excluding carboxylic acids is 1. The van der Waals surface area contributed by atoms with Crippen LogP contribution in [0.1, 0.15) is 5.56 Å². The summed E-state index contributed by atoms with van der Waals surface area (Å²) in [6.07, 6.45) is 1.78. The molecule has 0 aliphatic carbocycles. The quantitative estimate of drug-likeness (QED) is 0.890. The van der Waals surface area contributed by atoms with Gasteiger partial charge in [-0.2, -0.15) is 0 Å². The zero-order valence-electron chi connectivity index (χ0n) is 10.4. The average molecular weight is 273 g/mol. The first kappa shape index (κ1) is 12.4. The second-order valence-corrected chi connectivity index (χ2v) is 5.51. The van der Waals surface area contributed by atoms with Crippen molar-refractivity contribution in [2.75, 3.05) is 11.6 Å². The molecule has 5 heteroatoms. The Morgan fingerprint density at radius 2 is 2.32 bits per heavy atom. The van der Waals surface area contributed by atoms with E-state index in [1.807, 2.05) is 30.3 Å².